The second-order valence-electron chi connectivity index (χ2n) is 3.79. The summed E-state index contributed by atoms with van der Waals surface area (Å²) in [6.45, 7) is 2.23. The van der Waals surface area contributed by atoms with Gasteiger partial charge in [0.1, 0.15) is 11.6 Å². The van der Waals surface area contributed by atoms with E-state index in [1.807, 2.05) is 6.92 Å². The predicted molar refractivity (Wildman–Crippen MR) is 66.6 cm³/mol. The van der Waals surface area contributed by atoms with Crippen LogP contribution in [-0.4, -0.2) is 31.4 Å². The molecule has 1 rings (SSSR count). The van der Waals surface area contributed by atoms with E-state index in [1.54, 1.807) is 7.11 Å². The van der Waals surface area contributed by atoms with Gasteiger partial charge in [0.25, 0.3) is 0 Å². The zero-order valence-corrected chi connectivity index (χ0v) is 11.0. The van der Waals surface area contributed by atoms with E-state index < -0.39 is 11.6 Å². The number of hydrogen-bond acceptors (Lipinski definition) is 3. The smallest absolute Gasteiger partial charge is 0.230 e. The first kappa shape index (κ1) is 14.9. The second-order valence-corrected chi connectivity index (χ2v) is 4.80. The van der Waals surface area contributed by atoms with Crippen LogP contribution in [0.25, 0.3) is 0 Å². The lowest BCUT2D eigenvalue weighted by Gasteiger charge is -2.12. The third kappa shape index (κ3) is 5.01. The quantitative estimate of drug-likeness (QED) is 0.809. The second kappa shape index (κ2) is 7.33. The number of hydrogen-bond donors (Lipinski definition) is 1. The van der Waals surface area contributed by atoms with Gasteiger partial charge < -0.3 is 10.1 Å². The molecular formula is C12H15F2NO2S. The number of amides is 1. The minimum absolute atomic E-state index is 0.0800. The molecule has 0 aromatic heterocycles. The van der Waals surface area contributed by atoms with E-state index in [0.717, 1.165) is 23.9 Å². The molecule has 1 N–H and O–H groups in total. The summed E-state index contributed by atoms with van der Waals surface area (Å²) in [4.78, 5) is 11.8. The van der Waals surface area contributed by atoms with Gasteiger partial charge in [-0.2, -0.15) is 0 Å². The van der Waals surface area contributed by atoms with Crippen LogP contribution in [0.5, 0.6) is 0 Å². The topological polar surface area (TPSA) is 38.3 Å². The van der Waals surface area contributed by atoms with E-state index in [2.05, 4.69) is 5.32 Å². The number of carbonyl (C=O) groups excluding carboxylic acids is 1. The fourth-order valence-corrected chi connectivity index (χ4v) is 2.07. The van der Waals surface area contributed by atoms with Gasteiger partial charge in [0.2, 0.25) is 5.91 Å². The highest BCUT2D eigenvalue weighted by Gasteiger charge is 2.10. The van der Waals surface area contributed by atoms with Crippen molar-refractivity contribution in [2.24, 2.45) is 0 Å². The third-order valence-corrected chi connectivity index (χ3v) is 3.13. The summed E-state index contributed by atoms with van der Waals surface area (Å²) < 4.78 is 30.8. The van der Waals surface area contributed by atoms with Crippen molar-refractivity contribution in [3.8, 4) is 0 Å². The summed E-state index contributed by atoms with van der Waals surface area (Å²) in [6, 6.07) is 3.19. The Hall–Kier alpha value is -1.14. The Morgan fingerprint density at radius 1 is 1.50 bits per heavy atom. The van der Waals surface area contributed by atoms with E-state index in [0.29, 0.717) is 6.61 Å². The molecule has 0 aliphatic carbocycles. The maximum atomic E-state index is 13.3. The number of methoxy groups -OCH3 is 1. The molecule has 1 aromatic rings. The molecule has 1 aromatic carbocycles. The normalized spacial score (nSPS) is 12.2. The first-order chi connectivity index (χ1) is 8.52. The average Bonchev–Trinajstić information content (AvgIpc) is 2.28. The van der Waals surface area contributed by atoms with Crippen LogP contribution in [0.2, 0.25) is 0 Å². The highest BCUT2D eigenvalue weighted by molar-refractivity contribution is 8.00. The van der Waals surface area contributed by atoms with E-state index in [-0.39, 0.29) is 22.6 Å². The molecular weight excluding hydrogens is 260 g/mol. The molecule has 0 saturated carbocycles. The van der Waals surface area contributed by atoms with Gasteiger partial charge >= 0.3 is 0 Å². The summed E-state index contributed by atoms with van der Waals surface area (Å²) >= 11 is 1.03. The number of nitrogens with one attached hydrogen (secondary N) is 1. The van der Waals surface area contributed by atoms with Crippen molar-refractivity contribution in [1.29, 1.82) is 0 Å². The van der Waals surface area contributed by atoms with Gasteiger partial charge in [0.05, 0.1) is 12.4 Å². The summed E-state index contributed by atoms with van der Waals surface area (Å²) in [7, 11) is 1.55. The Bertz CT molecular complexity index is 415. The van der Waals surface area contributed by atoms with Crippen LogP contribution in [-0.2, 0) is 9.53 Å². The molecule has 0 spiro atoms. The van der Waals surface area contributed by atoms with E-state index in [1.165, 1.54) is 6.07 Å². The number of benzene rings is 1. The molecule has 0 heterocycles. The van der Waals surface area contributed by atoms with Crippen LogP contribution in [0.3, 0.4) is 0 Å². The standard InChI is InChI=1S/C12H15F2NO2S/c1-8(6-17-2)15-12(16)7-18-11-4-3-9(13)5-10(11)14/h3-5,8H,6-7H2,1-2H3,(H,15,16)/t8-/m0/s1. The van der Waals surface area contributed by atoms with Crippen molar-refractivity contribution < 1.29 is 18.3 Å². The van der Waals surface area contributed by atoms with Crippen LogP contribution in [0.15, 0.2) is 23.1 Å². The van der Waals surface area contributed by atoms with Gasteiger partial charge in [0.15, 0.2) is 0 Å². The number of carbonyl (C=O) groups is 1. The van der Waals surface area contributed by atoms with Gasteiger partial charge in [-0.1, -0.05) is 0 Å². The van der Waals surface area contributed by atoms with Gasteiger partial charge in [0, 0.05) is 24.1 Å². The van der Waals surface area contributed by atoms with E-state index in [4.69, 9.17) is 4.74 Å². The molecule has 6 heteroatoms. The van der Waals surface area contributed by atoms with E-state index >= 15 is 0 Å². The highest BCUT2D eigenvalue weighted by atomic mass is 32.2. The van der Waals surface area contributed by atoms with Crippen molar-refractivity contribution in [3.05, 3.63) is 29.8 Å². The summed E-state index contributed by atoms with van der Waals surface area (Å²) in [5, 5.41) is 2.70. The first-order valence-corrected chi connectivity index (χ1v) is 6.37. The van der Waals surface area contributed by atoms with Crippen LogP contribution in [0, 0.1) is 11.6 Å². The van der Waals surface area contributed by atoms with Crippen molar-refractivity contribution >= 4 is 17.7 Å². The molecule has 1 amide bonds. The zero-order chi connectivity index (χ0) is 13.5. The molecule has 0 aliphatic heterocycles. The van der Waals surface area contributed by atoms with Crippen molar-refractivity contribution in [2.45, 2.75) is 17.9 Å². The van der Waals surface area contributed by atoms with Crippen molar-refractivity contribution in [2.75, 3.05) is 19.5 Å². The van der Waals surface area contributed by atoms with Gasteiger partial charge in [-0.25, -0.2) is 8.78 Å². The van der Waals surface area contributed by atoms with Crippen LogP contribution >= 0.6 is 11.8 Å². The minimum Gasteiger partial charge on any atom is -0.383 e. The van der Waals surface area contributed by atoms with Gasteiger partial charge in [-0.15, -0.1) is 11.8 Å². The molecule has 3 nitrogen and oxygen atoms in total. The molecule has 1 atom stereocenters. The summed E-state index contributed by atoms with van der Waals surface area (Å²) in [5.74, 6) is -1.42. The fraction of sp³-hybridized carbons (Fsp3) is 0.417. The first-order valence-electron chi connectivity index (χ1n) is 5.39. The number of ether oxygens (including phenoxy) is 1. The van der Waals surface area contributed by atoms with Crippen LogP contribution < -0.4 is 5.32 Å². The lowest BCUT2D eigenvalue weighted by atomic mass is 10.3. The molecule has 18 heavy (non-hydrogen) atoms. The lowest BCUT2D eigenvalue weighted by Crippen LogP contribution is -2.36. The number of rotatable bonds is 6. The molecule has 0 unspecified atom stereocenters. The predicted octanol–water partition coefficient (Wildman–Crippen LogP) is 2.21. The Balaban J connectivity index is 2.42. The SMILES string of the molecule is COC[C@H](C)NC(=O)CSc1ccc(F)cc1F. The monoisotopic (exact) mass is 275 g/mol. The average molecular weight is 275 g/mol. The Kier molecular flexibility index (Phi) is 6.07. The minimum atomic E-state index is -0.655. The third-order valence-electron chi connectivity index (χ3n) is 2.08. The molecule has 0 aliphatic rings. The lowest BCUT2D eigenvalue weighted by molar-refractivity contribution is -0.119. The number of thioether (sulfide) groups is 1. The van der Waals surface area contributed by atoms with Crippen molar-refractivity contribution in [1.82, 2.24) is 5.32 Å². The Morgan fingerprint density at radius 3 is 2.83 bits per heavy atom. The van der Waals surface area contributed by atoms with Gasteiger partial charge in [-0.3, -0.25) is 4.79 Å². The summed E-state index contributed by atoms with van der Waals surface area (Å²) in [6.07, 6.45) is 0. The maximum Gasteiger partial charge on any atom is 0.230 e. The molecule has 100 valence electrons. The van der Waals surface area contributed by atoms with Crippen LogP contribution in [0.4, 0.5) is 8.78 Å². The Labute approximate surface area is 109 Å². The molecule has 0 bridgehead atoms. The molecule has 0 fully saturated rings. The zero-order valence-electron chi connectivity index (χ0n) is 10.2. The largest absolute Gasteiger partial charge is 0.383 e. The Morgan fingerprint density at radius 2 is 2.22 bits per heavy atom. The fourth-order valence-electron chi connectivity index (χ4n) is 1.34. The molecule has 0 radical (unpaired) electrons. The van der Waals surface area contributed by atoms with Gasteiger partial charge in [-0.05, 0) is 19.1 Å². The van der Waals surface area contributed by atoms with Crippen LogP contribution in [0.1, 0.15) is 6.92 Å². The van der Waals surface area contributed by atoms with Crippen molar-refractivity contribution in [3.63, 3.8) is 0 Å². The maximum absolute atomic E-state index is 13.3. The highest BCUT2D eigenvalue weighted by Crippen LogP contribution is 2.21. The molecule has 0 saturated heterocycles. The summed E-state index contributed by atoms with van der Waals surface area (Å²) in [5.41, 5.74) is 0. The number of halogens is 2. The van der Waals surface area contributed by atoms with E-state index in [9.17, 15) is 13.6 Å².